The molecule has 4 rings (SSSR count). The minimum Gasteiger partial charge on any atom is -0.321 e. The second-order valence-electron chi connectivity index (χ2n) is 6.47. The van der Waals surface area contributed by atoms with E-state index in [4.69, 9.17) is 28.2 Å². The Bertz CT molecular complexity index is 1200. The molecule has 0 saturated heterocycles. The number of hydrogen-bond acceptors (Lipinski definition) is 2. The number of carbonyl (C=O) groups is 1. The Morgan fingerprint density at radius 1 is 0.929 bits per heavy atom. The van der Waals surface area contributed by atoms with Gasteiger partial charge in [0.05, 0.1) is 27.5 Å². The Balaban J connectivity index is 1.84. The van der Waals surface area contributed by atoms with Gasteiger partial charge in [0.25, 0.3) is 5.91 Å². The predicted octanol–water partition coefficient (Wildman–Crippen LogP) is 6.77. The Hall–Kier alpha value is -2.88. The lowest BCUT2D eigenvalue weighted by Gasteiger charge is -2.12. The van der Waals surface area contributed by atoms with Crippen molar-refractivity contribution in [3.05, 3.63) is 94.0 Å². The maximum Gasteiger partial charge on any atom is 0.256 e. The first-order valence-electron chi connectivity index (χ1n) is 8.75. The van der Waals surface area contributed by atoms with Gasteiger partial charge < -0.3 is 5.32 Å². The van der Waals surface area contributed by atoms with E-state index < -0.39 is 0 Å². The summed E-state index contributed by atoms with van der Waals surface area (Å²) in [4.78, 5) is 17.9. The van der Waals surface area contributed by atoms with Crippen LogP contribution in [0.3, 0.4) is 0 Å². The number of anilines is 1. The van der Waals surface area contributed by atoms with Crippen LogP contribution in [0.4, 0.5) is 5.69 Å². The van der Waals surface area contributed by atoms with Gasteiger partial charge in [0.15, 0.2) is 0 Å². The number of para-hydroxylation sites is 1. The first-order chi connectivity index (χ1) is 13.5. The van der Waals surface area contributed by atoms with Crippen molar-refractivity contribution in [1.82, 2.24) is 4.98 Å². The van der Waals surface area contributed by atoms with E-state index in [9.17, 15) is 4.79 Å². The molecule has 1 N–H and O–H groups in total. The highest BCUT2D eigenvalue weighted by Crippen LogP contribution is 2.29. The maximum atomic E-state index is 13.1. The molecule has 3 aromatic carbocycles. The van der Waals surface area contributed by atoms with E-state index in [1.807, 2.05) is 61.5 Å². The van der Waals surface area contributed by atoms with Crippen LogP contribution in [0.5, 0.6) is 0 Å². The third-order valence-electron chi connectivity index (χ3n) is 4.56. The molecular weight excluding hydrogens is 391 g/mol. The van der Waals surface area contributed by atoms with Crippen LogP contribution in [0, 0.1) is 6.92 Å². The molecule has 5 heteroatoms. The number of carbonyl (C=O) groups excluding carboxylic acids is 1. The smallest absolute Gasteiger partial charge is 0.256 e. The van der Waals surface area contributed by atoms with Crippen molar-refractivity contribution in [2.45, 2.75) is 6.92 Å². The lowest BCUT2D eigenvalue weighted by molar-refractivity contribution is 0.102. The van der Waals surface area contributed by atoms with E-state index in [0.29, 0.717) is 21.3 Å². The normalized spacial score (nSPS) is 10.8. The molecule has 3 nitrogen and oxygen atoms in total. The van der Waals surface area contributed by atoms with Gasteiger partial charge in [-0.05, 0) is 42.8 Å². The Morgan fingerprint density at radius 3 is 2.50 bits per heavy atom. The van der Waals surface area contributed by atoms with Crippen LogP contribution in [0.25, 0.3) is 22.2 Å². The van der Waals surface area contributed by atoms with Crippen LogP contribution in [0.15, 0.2) is 72.8 Å². The maximum absolute atomic E-state index is 13.1. The number of pyridine rings is 1. The van der Waals surface area contributed by atoms with Crippen LogP contribution >= 0.6 is 23.2 Å². The van der Waals surface area contributed by atoms with Gasteiger partial charge in [0.2, 0.25) is 0 Å². The fraction of sp³-hybridized carbons (Fsp3) is 0.0435. The number of aromatic nitrogens is 1. The van der Waals surface area contributed by atoms with Gasteiger partial charge in [-0.15, -0.1) is 0 Å². The van der Waals surface area contributed by atoms with E-state index >= 15 is 0 Å². The highest BCUT2D eigenvalue weighted by Gasteiger charge is 2.16. The zero-order chi connectivity index (χ0) is 19.7. The Morgan fingerprint density at radius 2 is 1.68 bits per heavy atom. The zero-order valence-electron chi connectivity index (χ0n) is 15.0. The van der Waals surface area contributed by atoms with Gasteiger partial charge >= 0.3 is 0 Å². The summed E-state index contributed by atoms with van der Waals surface area (Å²) in [5.74, 6) is -0.266. The van der Waals surface area contributed by atoms with E-state index in [1.165, 1.54) is 0 Å². The molecule has 4 aromatic rings. The summed E-state index contributed by atoms with van der Waals surface area (Å²) >= 11 is 12.3. The molecule has 0 fully saturated rings. The number of halogens is 2. The molecule has 1 amide bonds. The van der Waals surface area contributed by atoms with Gasteiger partial charge in [-0.3, -0.25) is 4.79 Å². The van der Waals surface area contributed by atoms with E-state index in [-0.39, 0.29) is 5.91 Å². The van der Waals surface area contributed by atoms with Crippen molar-refractivity contribution in [3.63, 3.8) is 0 Å². The van der Waals surface area contributed by atoms with Gasteiger partial charge in [-0.1, -0.05) is 65.7 Å². The fourth-order valence-corrected chi connectivity index (χ4v) is 3.48. The first kappa shape index (κ1) is 18.5. The number of aryl methyl sites for hydroxylation is 1. The van der Waals surface area contributed by atoms with Crippen molar-refractivity contribution < 1.29 is 4.79 Å². The summed E-state index contributed by atoms with van der Waals surface area (Å²) in [6, 6.07) is 22.3. The molecule has 0 aliphatic rings. The molecule has 1 heterocycles. The third-order valence-corrected chi connectivity index (χ3v) is 5.12. The lowest BCUT2D eigenvalue weighted by atomic mass is 10.0. The minimum atomic E-state index is -0.266. The summed E-state index contributed by atoms with van der Waals surface area (Å²) in [5, 5.41) is 4.57. The molecule has 138 valence electrons. The first-order valence-corrected chi connectivity index (χ1v) is 9.51. The molecule has 0 spiro atoms. The summed E-state index contributed by atoms with van der Waals surface area (Å²) in [5.41, 5.74) is 4.58. The lowest BCUT2D eigenvalue weighted by Crippen LogP contribution is -2.13. The van der Waals surface area contributed by atoms with Crippen molar-refractivity contribution in [2.75, 3.05) is 5.32 Å². The summed E-state index contributed by atoms with van der Waals surface area (Å²) in [6.45, 7) is 2.03. The molecule has 0 aliphatic heterocycles. The molecule has 0 saturated carbocycles. The van der Waals surface area contributed by atoms with Crippen LogP contribution in [0.2, 0.25) is 10.0 Å². The molecule has 28 heavy (non-hydrogen) atoms. The molecular formula is C23H16Cl2N2O. The van der Waals surface area contributed by atoms with E-state index in [1.54, 1.807) is 18.2 Å². The quantitative estimate of drug-likeness (QED) is 0.407. The summed E-state index contributed by atoms with van der Waals surface area (Å²) < 4.78 is 0. The second kappa shape index (κ2) is 7.63. The summed E-state index contributed by atoms with van der Waals surface area (Å²) in [7, 11) is 0. The van der Waals surface area contributed by atoms with Gasteiger partial charge in [-0.25, -0.2) is 4.98 Å². The van der Waals surface area contributed by atoms with Gasteiger partial charge in [-0.2, -0.15) is 0 Å². The average molecular weight is 407 g/mol. The standard InChI is InChI=1S/C23H16Cl2N2O/c1-14-6-2-3-7-16(14)21-13-18(17-8-4-5-9-20(17)26-21)23(28)27-22-12-15(24)10-11-19(22)25/h2-13H,1H3,(H,27,28). The molecule has 0 bridgehead atoms. The number of amides is 1. The van der Waals surface area contributed by atoms with Crippen molar-refractivity contribution in [2.24, 2.45) is 0 Å². The Kier molecular flexibility index (Phi) is 5.03. The highest BCUT2D eigenvalue weighted by molar-refractivity contribution is 6.36. The van der Waals surface area contributed by atoms with Crippen molar-refractivity contribution in [3.8, 4) is 11.3 Å². The van der Waals surface area contributed by atoms with Crippen molar-refractivity contribution >= 4 is 45.7 Å². The number of rotatable bonds is 3. The monoisotopic (exact) mass is 406 g/mol. The van der Waals surface area contributed by atoms with Gasteiger partial charge in [0, 0.05) is 16.0 Å². The number of hydrogen-bond donors (Lipinski definition) is 1. The number of benzene rings is 3. The second-order valence-corrected chi connectivity index (χ2v) is 7.31. The van der Waals surface area contributed by atoms with E-state index in [2.05, 4.69) is 5.32 Å². The summed E-state index contributed by atoms with van der Waals surface area (Å²) in [6.07, 6.45) is 0. The fourth-order valence-electron chi connectivity index (χ4n) is 3.14. The average Bonchev–Trinajstić information content (AvgIpc) is 2.70. The largest absolute Gasteiger partial charge is 0.321 e. The molecule has 0 aliphatic carbocycles. The number of fused-ring (bicyclic) bond motifs is 1. The van der Waals surface area contributed by atoms with E-state index in [0.717, 1.165) is 27.7 Å². The third kappa shape index (κ3) is 3.59. The van der Waals surface area contributed by atoms with Crippen molar-refractivity contribution in [1.29, 1.82) is 0 Å². The SMILES string of the molecule is Cc1ccccc1-c1cc(C(=O)Nc2cc(Cl)ccc2Cl)c2ccccc2n1. The zero-order valence-corrected chi connectivity index (χ0v) is 16.6. The topological polar surface area (TPSA) is 42.0 Å². The molecule has 1 aromatic heterocycles. The van der Waals surface area contributed by atoms with Crippen LogP contribution in [0.1, 0.15) is 15.9 Å². The Labute approximate surface area is 172 Å². The number of nitrogens with zero attached hydrogens (tertiary/aromatic N) is 1. The van der Waals surface area contributed by atoms with Crippen LogP contribution in [-0.4, -0.2) is 10.9 Å². The predicted molar refractivity (Wildman–Crippen MR) is 116 cm³/mol. The van der Waals surface area contributed by atoms with Gasteiger partial charge in [0.1, 0.15) is 0 Å². The highest BCUT2D eigenvalue weighted by atomic mass is 35.5. The van der Waals surface area contributed by atoms with Crippen LogP contribution < -0.4 is 5.32 Å². The molecule has 0 unspecified atom stereocenters. The van der Waals surface area contributed by atoms with Crippen LogP contribution in [-0.2, 0) is 0 Å². The molecule has 0 radical (unpaired) electrons. The molecule has 0 atom stereocenters. The minimum absolute atomic E-state index is 0.266. The number of nitrogens with one attached hydrogen (secondary N) is 1.